The van der Waals surface area contributed by atoms with E-state index >= 15 is 0 Å². The Morgan fingerprint density at radius 2 is 2.00 bits per heavy atom. The van der Waals surface area contributed by atoms with E-state index < -0.39 is 0 Å². The minimum atomic E-state index is 0.0829. The summed E-state index contributed by atoms with van der Waals surface area (Å²) in [6.07, 6.45) is 1.78. The normalized spacial score (nSPS) is 16.0. The summed E-state index contributed by atoms with van der Waals surface area (Å²) in [6.45, 7) is 4.78. The number of hydrogen-bond donors (Lipinski definition) is 1. The van der Waals surface area contributed by atoms with Gasteiger partial charge in [-0.15, -0.1) is 0 Å². The summed E-state index contributed by atoms with van der Waals surface area (Å²) in [5.41, 5.74) is 3.21. The van der Waals surface area contributed by atoms with Gasteiger partial charge in [-0.05, 0) is 74.3 Å². The number of hydrogen-bond acceptors (Lipinski definition) is 2. The fourth-order valence-electron chi connectivity index (χ4n) is 3.21. The molecule has 0 aromatic heterocycles. The molecule has 5 heteroatoms. The highest BCUT2D eigenvalue weighted by atomic mass is 79.9. The van der Waals surface area contributed by atoms with Crippen LogP contribution in [0.4, 0.5) is 5.69 Å². The van der Waals surface area contributed by atoms with Crippen LogP contribution in [0.3, 0.4) is 0 Å². The van der Waals surface area contributed by atoms with Crippen molar-refractivity contribution in [3.05, 3.63) is 63.1 Å². The van der Waals surface area contributed by atoms with Crippen molar-refractivity contribution in [3.63, 3.8) is 0 Å². The number of rotatable bonds is 4. The molecule has 1 amide bonds. The molecule has 0 atom stereocenters. The van der Waals surface area contributed by atoms with Crippen LogP contribution in [0.1, 0.15) is 24.0 Å². The van der Waals surface area contributed by atoms with Gasteiger partial charge in [-0.2, -0.15) is 0 Å². The highest BCUT2D eigenvalue weighted by Gasteiger charge is 2.25. The molecule has 0 aliphatic carbocycles. The average molecular weight is 422 g/mol. The maximum absolute atomic E-state index is 12.5. The summed E-state index contributed by atoms with van der Waals surface area (Å²) in [4.78, 5) is 14.9. The highest BCUT2D eigenvalue weighted by Crippen LogP contribution is 2.24. The van der Waals surface area contributed by atoms with Gasteiger partial charge in [0.05, 0.1) is 0 Å². The van der Waals surface area contributed by atoms with Crippen LogP contribution in [0.25, 0.3) is 0 Å². The molecule has 1 saturated heterocycles. The first-order valence-electron chi connectivity index (χ1n) is 8.55. The van der Waals surface area contributed by atoms with Gasteiger partial charge in [0.25, 0.3) is 0 Å². The Hall–Kier alpha value is -1.36. The molecule has 1 heterocycles. The summed E-state index contributed by atoms with van der Waals surface area (Å²) in [6, 6.07) is 13.9. The van der Waals surface area contributed by atoms with Crippen LogP contribution in [0.5, 0.6) is 0 Å². The molecule has 1 aliphatic heterocycles. The summed E-state index contributed by atoms with van der Waals surface area (Å²) in [5, 5.41) is 3.83. The number of amides is 1. The number of piperidine rings is 1. The quantitative estimate of drug-likeness (QED) is 0.730. The third-order valence-corrected chi connectivity index (χ3v) is 5.80. The fraction of sp³-hybridized carbons (Fsp3) is 0.350. The van der Waals surface area contributed by atoms with Gasteiger partial charge >= 0.3 is 0 Å². The second-order valence-electron chi connectivity index (χ2n) is 6.63. The molecule has 2 aromatic rings. The average Bonchev–Trinajstić information content (AvgIpc) is 2.59. The highest BCUT2D eigenvalue weighted by molar-refractivity contribution is 9.10. The van der Waals surface area contributed by atoms with Crippen molar-refractivity contribution in [2.75, 3.05) is 18.4 Å². The largest absolute Gasteiger partial charge is 0.326 e. The molecule has 132 valence electrons. The smallest absolute Gasteiger partial charge is 0.227 e. The Morgan fingerprint density at radius 3 is 2.68 bits per heavy atom. The maximum atomic E-state index is 12.5. The third-order valence-electron chi connectivity index (χ3n) is 4.68. The van der Waals surface area contributed by atoms with Crippen molar-refractivity contribution in [2.24, 2.45) is 5.92 Å². The Morgan fingerprint density at radius 1 is 1.24 bits per heavy atom. The first-order chi connectivity index (χ1) is 12.0. The monoisotopic (exact) mass is 420 g/mol. The lowest BCUT2D eigenvalue weighted by atomic mass is 9.95. The molecular weight excluding hydrogens is 400 g/mol. The van der Waals surface area contributed by atoms with E-state index in [0.29, 0.717) is 0 Å². The second-order valence-corrected chi connectivity index (χ2v) is 7.92. The van der Waals surface area contributed by atoms with Crippen molar-refractivity contribution in [2.45, 2.75) is 26.3 Å². The number of benzene rings is 2. The van der Waals surface area contributed by atoms with Crippen molar-refractivity contribution in [1.82, 2.24) is 4.90 Å². The Balaban J connectivity index is 1.51. The topological polar surface area (TPSA) is 32.3 Å². The Labute approximate surface area is 162 Å². The predicted octanol–water partition coefficient (Wildman–Crippen LogP) is 5.26. The fourth-order valence-corrected chi connectivity index (χ4v) is 3.67. The van der Waals surface area contributed by atoms with E-state index in [0.717, 1.165) is 53.2 Å². The van der Waals surface area contributed by atoms with E-state index in [9.17, 15) is 4.79 Å². The van der Waals surface area contributed by atoms with E-state index in [-0.39, 0.29) is 11.8 Å². The van der Waals surface area contributed by atoms with Gasteiger partial charge < -0.3 is 5.32 Å². The molecule has 1 fully saturated rings. The van der Waals surface area contributed by atoms with E-state index in [1.54, 1.807) is 0 Å². The summed E-state index contributed by atoms with van der Waals surface area (Å²) in [5.74, 6) is 0.212. The van der Waals surface area contributed by atoms with Crippen LogP contribution in [-0.2, 0) is 11.3 Å². The molecule has 1 N–H and O–H groups in total. The van der Waals surface area contributed by atoms with Crippen molar-refractivity contribution < 1.29 is 4.79 Å². The van der Waals surface area contributed by atoms with Gasteiger partial charge in [-0.25, -0.2) is 0 Å². The van der Waals surface area contributed by atoms with Crippen LogP contribution >= 0.6 is 27.5 Å². The number of carbonyl (C=O) groups excluding carboxylic acids is 1. The van der Waals surface area contributed by atoms with Gasteiger partial charge in [0.2, 0.25) is 5.91 Å². The number of anilines is 1. The summed E-state index contributed by atoms with van der Waals surface area (Å²) < 4.78 is 1.06. The number of nitrogens with zero attached hydrogens (tertiary/aromatic N) is 1. The molecule has 0 unspecified atom stereocenters. The van der Waals surface area contributed by atoms with E-state index in [1.165, 1.54) is 5.56 Å². The van der Waals surface area contributed by atoms with E-state index in [4.69, 9.17) is 11.6 Å². The van der Waals surface area contributed by atoms with Gasteiger partial charge in [0.1, 0.15) is 0 Å². The molecule has 3 nitrogen and oxygen atoms in total. The third kappa shape index (κ3) is 5.06. The molecular formula is C20H22BrClN2O. The summed E-state index contributed by atoms with van der Waals surface area (Å²) >= 11 is 9.53. The van der Waals surface area contributed by atoms with Crippen LogP contribution in [0.15, 0.2) is 46.9 Å². The summed E-state index contributed by atoms with van der Waals surface area (Å²) in [7, 11) is 0. The molecule has 0 spiro atoms. The molecule has 25 heavy (non-hydrogen) atoms. The van der Waals surface area contributed by atoms with Crippen LogP contribution in [0, 0.1) is 12.8 Å². The van der Waals surface area contributed by atoms with Gasteiger partial charge in [-0.1, -0.05) is 39.7 Å². The molecule has 1 aliphatic rings. The molecule has 3 rings (SSSR count). The predicted molar refractivity (Wildman–Crippen MR) is 107 cm³/mol. The SMILES string of the molecule is Cc1cc(NC(=O)C2CCN(Cc3cccc(Cl)c3)CC2)ccc1Br. The number of aryl methyl sites for hydroxylation is 1. The molecule has 0 bridgehead atoms. The standard InChI is InChI=1S/C20H22BrClN2O/c1-14-11-18(5-6-19(14)21)23-20(25)16-7-9-24(10-8-16)13-15-3-2-4-17(22)12-15/h2-6,11-12,16H,7-10,13H2,1H3,(H,23,25). The number of likely N-dealkylation sites (tertiary alicyclic amines) is 1. The van der Waals surface area contributed by atoms with Crippen molar-refractivity contribution in [3.8, 4) is 0 Å². The van der Waals surface area contributed by atoms with Gasteiger partial charge in [0.15, 0.2) is 0 Å². The number of halogens is 2. The maximum Gasteiger partial charge on any atom is 0.227 e. The van der Waals surface area contributed by atoms with Gasteiger partial charge in [0, 0.05) is 27.6 Å². The first-order valence-corrected chi connectivity index (χ1v) is 9.72. The Bertz CT molecular complexity index is 757. The number of carbonyl (C=O) groups is 1. The van der Waals surface area contributed by atoms with Crippen LogP contribution in [-0.4, -0.2) is 23.9 Å². The molecule has 2 aromatic carbocycles. The van der Waals surface area contributed by atoms with Crippen molar-refractivity contribution in [1.29, 1.82) is 0 Å². The second kappa shape index (κ2) is 8.35. The zero-order valence-corrected chi connectivity index (χ0v) is 16.6. The van der Waals surface area contributed by atoms with Crippen LogP contribution in [0.2, 0.25) is 5.02 Å². The lowest BCUT2D eigenvalue weighted by Crippen LogP contribution is -2.37. The lowest BCUT2D eigenvalue weighted by Gasteiger charge is -2.31. The van der Waals surface area contributed by atoms with Crippen molar-refractivity contribution >= 4 is 39.1 Å². The zero-order valence-electron chi connectivity index (χ0n) is 14.3. The van der Waals surface area contributed by atoms with E-state index in [1.807, 2.05) is 43.3 Å². The zero-order chi connectivity index (χ0) is 17.8. The lowest BCUT2D eigenvalue weighted by molar-refractivity contribution is -0.121. The number of nitrogens with one attached hydrogen (secondary N) is 1. The Kier molecular flexibility index (Phi) is 6.15. The minimum Gasteiger partial charge on any atom is -0.326 e. The molecule has 0 saturated carbocycles. The van der Waals surface area contributed by atoms with E-state index in [2.05, 4.69) is 32.2 Å². The molecule has 0 radical (unpaired) electrons. The first kappa shape index (κ1) is 18.4. The minimum absolute atomic E-state index is 0.0829. The van der Waals surface area contributed by atoms with Gasteiger partial charge in [-0.3, -0.25) is 9.69 Å². The van der Waals surface area contributed by atoms with Crippen LogP contribution < -0.4 is 5.32 Å².